The minimum Gasteiger partial charge on any atom is -0.507 e. The highest BCUT2D eigenvalue weighted by Crippen LogP contribution is 2.21. The molecule has 0 aliphatic rings. The number of nitro benzene ring substituents is 1. The molecule has 10 heteroatoms. The van der Waals surface area contributed by atoms with E-state index in [1.54, 1.807) is 0 Å². The second-order valence-electron chi connectivity index (χ2n) is 5.75. The first-order valence-corrected chi connectivity index (χ1v) is 9.69. The third-order valence-corrected chi connectivity index (χ3v) is 5.70. The molecule has 0 amide bonds. The molecule has 9 nitrogen and oxygen atoms in total. The molecule has 0 saturated heterocycles. The maximum atomic E-state index is 12.1. The zero-order valence-corrected chi connectivity index (χ0v) is 15.3. The molecule has 0 fully saturated rings. The molecule has 0 aliphatic heterocycles. The van der Waals surface area contributed by atoms with Crippen LogP contribution in [-0.2, 0) is 9.84 Å². The van der Waals surface area contributed by atoms with Gasteiger partial charge in [0.25, 0.3) is 5.69 Å². The highest BCUT2D eigenvalue weighted by atomic mass is 32.2. The average Bonchev–Trinajstić information content (AvgIpc) is 2.68. The Balaban J connectivity index is 2.06. The number of aromatic nitrogens is 1. The lowest BCUT2D eigenvalue weighted by atomic mass is 10.1. The summed E-state index contributed by atoms with van der Waals surface area (Å²) < 4.78 is 29.2. The van der Waals surface area contributed by atoms with E-state index in [2.05, 4.69) is 4.98 Å². The molecule has 1 aromatic heterocycles. The van der Waals surface area contributed by atoms with Crippen molar-refractivity contribution in [2.45, 2.75) is 11.8 Å². The quantitative estimate of drug-likeness (QED) is 0.390. The lowest BCUT2D eigenvalue weighted by Gasteiger charge is -2.04. The van der Waals surface area contributed by atoms with Gasteiger partial charge in [0.2, 0.25) is 0 Å². The number of fused-ring (bicyclic) bond motifs is 1. The Bertz CT molecular complexity index is 1260. The normalized spacial score (nSPS) is 12.2. The molecule has 0 atom stereocenters. The summed E-state index contributed by atoms with van der Waals surface area (Å²) in [5, 5.41) is 20.9. The van der Waals surface area contributed by atoms with Gasteiger partial charge >= 0.3 is 5.63 Å². The van der Waals surface area contributed by atoms with Crippen LogP contribution in [0.15, 0.2) is 56.6 Å². The summed E-state index contributed by atoms with van der Waals surface area (Å²) in [7, 11) is -3.47. The highest BCUT2D eigenvalue weighted by Gasteiger charge is 2.15. The van der Waals surface area contributed by atoms with Crippen molar-refractivity contribution in [2.24, 2.45) is 0 Å². The molecule has 0 unspecified atom stereocenters. The molecule has 0 radical (unpaired) electrons. The lowest BCUT2D eigenvalue weighted by molar-refractivity contribution is -0.384. The van der Waals surface area contributed by atoms with Gasteiger partial charge in [0.15, 0.2) is 21.1 Å². The number of non-ortho nitro benzene ring substituents is 1. The van der Waals surface area contributed by atoms with Gasteiger partial charge in [0.05, 0.1) is 15.6 Å². The van der Waals surface area contributed by atoms with Crippen LogP contribution in [-0.4, -0.2) is 29.2 Å². The number of hydrogen-bond donors (Lipinski definition) is 1. The van der Waals surface area contributed by atoms with E-state index in [1.165, 1.54) is 49.4 Å². The number of nitrogens with zero attached hydrogens (tertiary/aromatic N) is 2. The van der Waals surface area contributed by atoms with Crippen LogP contribution in [0.5, 0.6) is 0 Å². The molecule has 2 aromatic carbocycles. The summed E-state index contributed by atoms with van der Waals surface area (Å²) in [6, 6.07) is 9.01. The maximum absolute atomic E-state index is 12.1. The van der Waals surface area contributed by atoms with E-state index in [9.17, 15) is 28.4 Å². The van der Waals surface area contributed by atoms with Crippen molar-refractivity contribution >= 4 is 38.5 Å². The lowest BCUT2D eigenvalue weighted by Crippen LogP contribution is -2.08. The number of benzene rings is 2. The first kappa shape index (κ1) is 19.2. The van der Waals surface area contributed by atoms with Crippen molar-refractivity contribution < 1.29 is 22.9 Å². The molecule has 1 heterocycles. The van der Waals surface area contributed by atoms with Gasteiger partial charge in [-0.15, -0.1) is 0 Å². The van der Waals surface area contributed by atoms with E-state index >= 15 is 0 Å². The molecule has 3 rings (SSSR count). The van der Waals surface area contributed by atoms with E-state index in [4.69, 9.17) is 4.42 Å². The van der Waals surface area contributed by atoms with E-state index in [0.717, 1.165) is 6.08 Å². The van der Waals surface area contributed by atoms with E-state index in [-0.39, 0.29) is 44.5 Å². The van der Waals surface area contributed by atoms with Gasteiger partial charge < -0.3 is 9.52 Å². The third kappa shape index (κ3) is 3.76. The summed E-state index contributed by atoms with van der Waals surface area (Å²) in [5.74, 6) is -0.449. The SMILES string of the molecule is CCS(=O)(=O)c1ccc2oc(=O)c(C=C(O)c3ccc([N+](=O)[O-])cc3)nc2c1. The van der Waals surface area contributed by atoms with Crippen LogP contribution in [0.2, 0.25) is 0 Å². The van der Waals surface area contributed by atoms with Crippen LogP contribution in [0.3, 0.4) is 0 Å². The summed E-state index contributed by atoms with van der Waals surface area (Å²) in [5.41, 5.74) is -0.746. The van der Waals surface area contributed by atoms with Crippen LogP contribution in [0.1, 0.15) is 18.2 Å². The number of sulfone groups is 1. The molecule has 0 spiro atoms. The first-order valence-electron chi connectivity index (χ1n) is 8.04. The van der Waals surface area contributed by atoms with Crippen molar-refractivity contribution in [1.82, 2.24) is 4.98 Å². The third-order valence-electron chi connectivity index (χ3n) is 3.97. The van der Waals surface area contributed by atoms with Crippen LogP contribution in [0.4, 0.5) is 5.69 Å². The second kappa shape index (κ2) is 7.24. The van der Waals surface area contributed by atoms with Gasteiger partial charge in [0.1, 0.15) is 11.3 Å². The van der Waals surface area contributed by atoms with Crippen molar-refractivity contribution in [2.75, 3.05) is 5.75 Å². The largest absolute Gasteiger partial charge is 0.507 e. The monoisotopic (exact) mass is 402 g/mol. The Hall–Kier alpha value is -3.53. The zero-order valence-electron chi connectivity index (χ0n) is 14.5. The minimum absolute atomic E-state index is 0.0402. The van der Waals surface area contributed by atoms with Gasteiger partial charge in [-0.1, -0.05) is 6.92 Å². The summed E-state index contributed by atoms with van der Waals surface area (Å²) in [6.07, 6.45) is 1.05. The Labute approximate surface area is 158 Å². The van der Waals surface area contributed by atoms with Gasteiger partial charge in [-0.25, -0.2) is 18.2 Å². The Morgan fingerprint density at radius 3 is 2.54 bits per heavy atom. The van der Waals surface area contributed by atoms with Crippen molar-refractivity contribution in [3.05, 3.63) is 74.3 Å². The van der Waals surface area contributed by atoms with Gasteiger partial charge in [-0.3, -0.25) is 10.1 Å². The minimum atomic E-state index is -3.47. The average molecular weight is 402 g/mol. The molecular weight excluding hydrogens is 388 g/mol. The molecule has 1 N–H and O–H groups in total. The Morgan fingerprint density at radius 1 is 1.25 bits per heavy atom. The first-order chi connectivity index (χ1) is 13.2. The van der Waals surface area contributed by atoms with Gasteiger partial charge in [-0.2, -0.15) is 0 Å². The molecule has 144 valence electrons. The predicted molar refractivity (Wildman–Crippen MR) is 102 cm³/mol. The van der Waals surface area contributed by atoms with Crippen LogP contribution in [0.25, 0.3) is 22.9 Å². The molecule has 28 heavy (non-hydrogen) atoms. The maximum Gasteiger partial charge on any atom is 0.362 e. The summed E-state index contributed by atoms with van der Waals surface area (Å²) >= 11 is 0. The fourth-order valence-electron chi connectivity index (χ4n) is 2.42. The molecule has 0 saturated carbocycles. The summed E-state index contributed by atoms with van der Waals surface area (Å²) in [6.45, 7) is 1.51. The second-order valence-corrected chi connectivity index (χ2v) is 8.03. The van der Waals surface area contributed by atoms with Crippen LogP contribution >= 0.6 is 0 Å². The van der Waals surface area contributed by atoms with Crippen molar-refractivity contribution in [1.29, 1.82) is 0 Å². The fourth-order valence-corrected chi connectivity index (χ4v) is 3.32. The number of nitro groups is 1. The molecule has 0 aliphatic carbocycles. The van der Waals surface area contributed by atoms with E-state index in [1.807, 2.05) is 0 Å². The van der Waals surface area contributed by atoms with Gasteiger partial charge in [0, 0.05) is 23.8 Å². The fraction of sp³-hybridized carbons (Fsp3) is 0.111. The Morgan fingerprint density at radius 2 is 1.93 bits per heavy atom. The van der Waals surface area contributed by atoms with Crippen LogP contribution in [0, 0.1) is 10.1 Å². The van der Waals surface area contributed by atoms with Gasteiger partial charge in [-0.05, 0) is 30.3 Å². The molecule has 3 aromatic rings. The van der Waals surface area contributed by atoms with Crippen molar-refractivity contribution in [3.63, 3.8) is 0 Å². The number of hydrogen-bond acceptors (Lipinski definition) is 8. The molecule has 0 bridgehead atoms. The Kier molecular flexibility index (Phi) is 4.97. The zero-order chi connectivity index (χ0) is 20.5. The number of aliphatic hydroxyl groups excluding tert-OH is 1. The standard InChI is InChI=1S/C18H14N2O7S/c1-2-28(25,26)13-7-8-17-14(9-13)19-15(18(22)27-17)10-16(21)11-3-5-12(6-4-11)20(23)24/h3-10,21H,2H2,1H3. The number of aliphatic hydroxyl groups is 1. The topological polar surface area (TPSA) is 141 Å². The van der Waals surface area contributed by atoms with Crippen molar-refractivity contribution in [3.8, 4) is 0 Å². The van der Waals surface area contributed by atoms with Crippen LogP contribution < -0.4 is 5.63 Å². The number of rotatable bonds is 5. The predicted octanol–water partition coefficient (Wildman–Crippen LogP) is 2.95. The highest BCUT2D eigenvalue weighted by molar-refractivity contribution is 7.91. The molecular formula is C18H14N2O7S. The van der Waals surface area contributed by atoms with E-state index < -0.39 is 20.4 Å². The summed E-state index contributed by atoms with van der Waals surface area (Å²) in [4.78, 5) is 26.3. The smallest absolute Gasteiger partial charge is 0.362 e. The van der Waals surface area contributed by atoms with E-state index in [0.29, 0.717) is 0 Å².